The molecule has 0 aliphatic rings. The molecule has 6 heteroatoms. The molecule has 1 aromatic heterocycles. The predicted molar refractivity (Wildman–Crippen MR) is 73.3 cm³/mol. The van der Waals surface area contributed by atoms with Crippen molar-refractivity contribution in [3.63, 3.8) is 0 Å². The third-order valence-electron chi connectivity index (χ3n) is 2.91. The Hall–Kier alpha value is -1.49. The van der Waals surface area contributed by atoms with Gasteiger partial charge < -0.3 is 14.2 Å². The smallest absolute Gasteiger partial charge is 0.307 e. The summed E-state index contributed by atoms with van der Waals surface area (Å²) in [6, 6.07) is 1.65. The lowest BCUT2D eigenvalue weighted by Gasteiger charge is -2.20. The van der Waals surface area contributed by atoms with Crippen LogP contribution >= 0.6 is 11.6 Å². The van der Waals surface area contributed by atoms with Crippen LogP contribution in [-0.2, 0) is 16.1 Å². The first kappa shape index (κ1) is 15.6. The van der Waals surface area contributed by atoms with Crippen molar-refractivity contribution in [3.05, 3.63) is 23.0 Å². The van der Waals surface area contributed by atoms with Crippen molar-refractivity contribution in [2.75, 3.05) is 20.2 Å². The number of nitrogens with zero attached hydrogens (tertiary/aromatic N) is 2. The zero-order chi connectivity index (χ0) is 14.4. The minimum Gasteiger partial charge on any atom is -0.469 e. The number of aryl methyl sites for hydroxylation is 1. The second-order valence-corrected chi connectivity index (χ2v) is 4.48. The number of carbonyl (C=O) groups is 2. The molecule has 0 bridgehead atoms. The Morgan fingerprint density at radius 1 is 1.42 bits per heavy atom. The average Bonchev–Trinajstić information content (AvgIpc) is 2.79. The normalized spacial score (nSPS) is 10.3. The first-order valence-corrected chi connectivity index (χ1v) is 6.63. The highest BCUT2D eigenvalue weighted by Crippen LogP contribution is 2.16. The summed E-state index contributed by atoms with van der Waals surface area (Å²) in [4.78, 5) is 25.1. The summed E-state index contributed by atoms with van der Waals surface area (Å²) in [5.41, 5.74) is 0.541. The molecule has 0 fully saturated rings. The third kappa shape index (κ3) is 3.99. The Balaban J connectivity index is 2.80. The highest BCUT2D eigenvalue weighted by Gasteiger charge is 2.19. The van der Waals surface area contributed by atoms with Gasteiger partial charge >= 0.3 is 5.97 Å². The van der Waals surface area contributed by atoms with Crippen molar-refractivity contribution in [3.8, 4) is 0 Å². The van der Waals surface area contributed by atoms with E-state index in [1.807, 2.05) is 13.8 Å². The van der Waals surface area contributed by atoms with Gasteiger partial charge in [0.1, 0.15) is 5.69 Å². The fraction of sp³-hybridized carbons (Fsp3) is 0.538. The number of hydrogen-bond donors (Lipinski definition) is 0. The van der Waals surface area contributed by atoms with Gasteiger partial charge in [-0.1, -0.05) is 11.6 Å². The van der Waals surface area contributed by atoms with Crippen LogP contribution in [0.25, 0.3) is 0 Å². The van der Waals surface area contributed by atoms with Crippen LogP contribution in [0.15, 0.2) is 12.3 Å². The number of ether oxygens (including phenoxy) is 1. The van der Waals surface area contributed by atoms with Crippen LogP contribution in [0.2, 0.25) is 5.02 Å². The van der Waals surface area contributed by atoms with Crippen molar-refractivity contribution in [2.45, 2.75) is 26.8 Å². The van der Waals surface area contributed by atoms with Gasteiger partial charge in [-0.15, -0.1) is 0 Å². The van der Waals surface area contributed by atoms with E-state index in [-0.39, 0.29) is 18.3 Å². The fourth-order valence-electron chi connectivity index (χ4n) is 1.81. The van der Waals surface area contributed by atoms with Crippen molar-refractivity contribution in [1.29, 1.82) is 0 Å². The number of methoxy groups -OCH3 is 1. The summed E-state index contributed by atoms with van der Waals surface area (Å²) in [5.74, 6) is -0.449. The Labute approximate surface area is 118 Å². The largest absolute Gasteiger partial charge is 0.469 e. The quantitative estimate of drug-likeness (QED) is 0.753. The first-order valence-electron chi connectivity index (χ1n) is 6.25. The van der Waals surface area contributed by atoms with Crippen LogP contribution in [0.1, 0.15) is 30.8 Å². The minimum absolute atomic E-state index is 0.125. The zero-order valence-electron chi connectivity index (χ0n) is 11.5. The van der Waals surface area contributed by atoms with Crippen molar-refractivity contribution in [1.82, 2.24) is 9.47 Å². The molecule has 5 nitrogen and oxygen atoms in total. The summed E-state index contributed by atoms with van der Waals surface area (Å²) < 4.78 is 6.37. The fourth-order valence-corrected chi connectivity index (χ4v) is 2.03. The van der Waals surface area contributed by atoms with Gasteiger partial charge in [-0.3, -0.25) is 9.59 Å². The van der Waals surface area contributed by atoms with E-state index < -0.39 is 0 Å². The summed E-state index contributed by atoms with van der Waals surface area (Å²) in [7, 11) is 1.34. The van der Waals surface area contributed by atoms with Crippen LogP contribution < -0.4 is 0 Å². The van der Waals surface area contributed by atoms with Crippen LogP contribution in [0.3, 0.4) is 0 Å². The second kappa shape index (κ2) is 7.19. The number of amides is 1. The molecule has 0 aromatic carbocycles. The molecule has 1 heterocycles. The van der Waals surface area contributed by atoms with Gasteiger partial charge in [0.15, 0.2) is 0 Å². The third-order valence-corrected chi connectivity index (χ3v) is 3.11. The number of rotatable bonds is 6. The molecule has 0 N–H and O–H groups in total. The van der Waals surface area contributed by atoms with Gasteiger partial charge in [-0.2, -0.15) is 0 Å². The molecule has 0 saturated carbocycles. The van der Waals surface area contributed by atoms with Crippen molar-refractivity contribution < 1.29 is 14.3 Å². The van der Waals surface area contributed by atoms with Crippen LogP contribution in [0.4, 0.5) is 0 Å². The van der Waals surface area contributed by atoms with Gasteiger partial charge in [0.25, 0.3) is 5.91 Å². The monoisotopic (exact) mass is 286 g/mol. The molecule has 0 aliphatic carbocycles. The molecular formula is C13H19ClN2O3. The molecule has 1 aromatic rings. The maximum Gasteiger partial charge on any atom is 0.307 e. The summed E-state index contributed by atoms with van der Waals surface area (Å²) in [6.45, 7) is 5.35. The van der Waals surface area contributed by atoms with E-state index in [2.05, 4.69) is 4.74 Å². The Morgan fingerprint density at radius 3 is 2.63 bits per heavy atom. The Kier molecular flexibility index (Phi) is 5.89. The number of aromatic nitrogens is 1. The number of hydrogen-bond acceptors (Lipinski definition) is 3. The van der Waals surface area contributed by atoms with E-state index in [9.17, 15) is 9.59 Å². The topological polar surface area (TPSA) is 51.5 Å². The number of halogens is 1. The maximum absolute atomic E-state index is 12.4. The lowest BCUT2D eigenvalue weighted by Crippen LogP contribution is -2.34. The molecular weight excluding hydrogens is 268 g/mol. The lowest BCUT2D eigenvalue weighted by atomic mass is 10.3. The SMILES string of the molecule is CCN(CCC(=O)OC)C(=O)c1cc(Cl)cn1CC. The Morgan fingerprint density at radius 2 is 2.11 bits per heavy atom. The molecule has 19 heavy (non-hydrogen) atoms. The average molecular weight is 287 g/mol. The van der Waals surface area contributed by atoms with Gasteiger partial charge in [0.2, 0.25) is 0 Å². The molecule has 0 unspecified atom stereocenters. The Bertz CT molecular complexity index is 457. The summed E-state index contributed by atoms with van der Waals surface area (Å²) >= 11 is 5.92. The highest BCUT2D eigenvalue weighted by molar-refractivity contribution is 6.31. The van der Waals surface area contributed by atoms with E-state index >= 15 is 0 Å². The number of esters is 1. The van der Waals surface area contributed by atoms with E-state index in [0.717, 1.165) is 0 Å². The van der Waals surface area contributed by atoms with Crippen molar-refractivity contribution in [2.24, 2.45) is 0 Å². The van der Waals surface area contributed by atoms with E-state index in [4.69, 9.17) is 11.6 Å². The maximum atomic E-state index is 12.4. The standard InChI is InChI=1S/C13H19ClN2O3/c1-4-15(7-6-12(17)19-3)13(18)11-8-10(14)9-16(11)5-2/h8-9H,4-7H2,1-3H3. The highest BCUT2D eigenvalue weighted by atomic mass is 35.5. The van der Waals surface area contributed by atoms with E-state index in [1.165, 1.54) is 7.11 Å². The van der Waals surface area contributed by atoms with Gasteiger partial charge in [-0.05, 0) is 19.9 Å². The van der Waals surface area contributed by atoms with E-state index in [0.29, 0.717) is 30.4 Å². The second-order valence-electron chi connectivity index (χ2n) is 4.04. The molecule has 106 valence electrons. The van der Waals surface area contributed by atoms with Crippen molar-refractivity contribution >= 4 is 23.5 Å². The zero-order valence-corrected chi connectivity index (χ0v) is 12.2. The first-order chi connectivity index (χ1) is 9.03. The van der Waals surface area contributed by atoms with Crippen LogP contribution in [-0.4, -0.2) is 41.5 Å². The molecule has 0 saturated heterocycles. The molecule has 0 aliphatic heterocycles. The van der Waals surface area contributed by atoms with Crippen LogP contribution in [0.5, 0.6) is 0 Å². The lowest BCUT2D eigenvalue weighted by molar-refractivity contribution is -0.140. The van der Waals surface area contributed by atoms with E-state index in [1.54, 1.807) is 21.7 Å². The van der Waals surface area contributed by atoms with Gasteiger partial charge in [0.05, 0.1) is 18.6 Å². The minimum atomic E-state index is -0.324. The molecule has 0 atom stereocenters. The molecule has 1 amide bonds. The number of carbonyl (C=O) groups excluding carboxylic acids is 2. The van der Waals surface area contributed by atoms with Gasteiger partial charge in [-0.25, -0.2) is 0 Å². The molecule has 0 spiro atoms. The van der Waals surface area contributed by atoms with Gasteiger partial charge in [0, 0.05) is 25.8 Å². The predicted octanol–water partition coefficient (Wildman–Crippen LogP) is 2.19. The summed E-state index contributed by atoms with van der Waals surface area (Å²) in [5, 5.41) is 0.536. The molecule has 1 rings (SSSR count). The van der Waals surface area contributed by atoms with Crippen LogP contribution in [0, 0.1) is 0 Å². The summed E-state index contributed by atoms with van der Waals surface area (Å²) in [6.07, 6.45) is 1.92. The molecule has 0 radical (unpaired) electrons.